The molecule has 0 unspecified atom stereocenters. The molecule has 0 atom stereocenters. The van der Waals surface area contributed by atoms with E-state index < -0.39 is 6.09 Å². The molecule has 3 rings (SSSR count). The van der Waals surface area contributed by atoms with Gasteiger partial charge in [0.05, 0.1) is 18.9 Å². The third-order valence-electron chi connectivity index (χ3n) is 3.84. The molecule has 0 saturated heterocycles. The predicted molar refractivity (Wildman–Crippen MR) is 93.7 cm³/mol. The molecule has 0 radical (unpaired) electrons. The summed E-state index contributed by atoms with van der Waals surface area (Å²) in [5.41, 5.74) is 2.66. The van der Waals surface area contributed by atoms with Crippen LogP contribution in [0.4, 0.5) is 4.79 Å². The number of hydrogen-bond acceptors (Lipinski definition) is 4. The molecule has 0 fully saturated rings. The van der Waals surface area contributed by atoms with Crippen LogP contribution in [0.1, 0.15) is 11.1 Å². The van der Waals surface area contributed by atoms with E-state index in [-0.39, 0.29) is 0 Å². The largest absolute Gasteiger partial charge is 0.497 e. The lowest BCUT2D eigenvalue weighted by Crippen LogP contribution is -2.27. The summed E-state index contributed by atoms with van der Waals surface area (Å²) in [5, 5.41) is 2.75. The number of methoxy groups -OCH3 is 1. The molecular weight excluding hydrogens is 320 g/mol. The Hall–Kier alpha value is -3.15. The third-order valence-corrected chi connectivity index (χ3v) is 3.84. The summed E-state index contributed by atoms with van der Waals surface area (Å²) in [5.74, 6) is 1.84. The Morgan fingerprint density at radius 2 is 2.12 bits per heavy atom. The highest BCUT2D eigenvalue weighted by molar-refractivity contribution is 5.76. The Kier molecular flexibility index (Phi) is 4.79. The fraction of sp³-hybridized carbons (Fsp3) is 0.211. The molecule has 25 heavy (non-hydrogen) atoms. The van der Waals surface area contributed by atoms with E-state index in [1.54, 1.807) is 24.0 Å². The van der Waals surface area contributed by atoms with Crippen molar-refractivity contribution >= 4 is 6.09 Å². The van der Waals surface area contributed by atoms with Crippen LogP contribution < -0.4 is 14.8 Å². The second-order valence-electron chi connectivity index (χ2n) is 5.68. The van der Waals surface area contributed by atoms with Crippen molar-refractivity contribution in [2.24, 2.45) is 7.05 Å². The Labute approximate surface area is 146 Å². The lowest BCUT2D eigenvalue weighted by molar-refractivity contribution is 0.196. The number of ether oxygens (including phenoxy) is 2. The van der Waals surface area contributed by atoms with Gasteiger partial charge in [0, 0.05) is 19.8 Å². The van der Waals surface area contributed by atoms with E-state index in [4.69, 9.17) is 13.9 Å². The zero-order chi connectivity index (χ0) is 17.8. The minimum Gasteiger partial charge on any atom is -0.497 e. The van der Waals surface area contributed by atoms with Gasteiger partial charge in [-0.3, -0.25) is 0 Å². The molecule has 0 bridgehead atoms. The van der Waals surface area contributed by atoms with Gasteiger partial charge in [0.15, 0.2) is 0 Å². The highest BCUT2D eigenvalue weighted by Crippen LogP contribution is 2.34. The fourth-order valence-corrected chi connectivity index (χ4v) is 2.68. The number of benzene rings is 1. The summed E-state index contributed by atoms with van der Waals surface area (Å²) in [6, 6.07) is 11.1. The van der Waals surface area contributed by atoms with Crippen LogP contribution in [-0.2, 0) is 13.6 Å². The number of amides is 1. The van der Waals surface area contributed by atoms with Crippen molar-refractivity contribution in [3.8, 4) is 23.0 Å². The van der Waals surface area contributed by atoms with Gasteiger partial charge in [-0.2, -0.15) is 0 Å². The van der Waals surface area contributed by atoms with Gasteiger partial charge in [0.2, 0.25) is 5.88 Å². The van der Waals surface area contributed by atoms with Gasteiger partial charge >= 0.3 is 6.09 Å². The normalized spacial score (nSPS) is 10.5. The van der Waals surface area contributed by atoms with Gasteiger partial charge in [0.1, 0.15) is 11.5 Å². The van der Waals surface area contributed by atoms with E-state index in [9.17, 15) is 4.79 Å². The maximum absolute atomic E-state index is 12.2. The molecule has 1 N–H and O–H groups in total. The van der Waals surface area contributed by atoms with Crippen LogP contribution in [-0.4, -0.2) is 17.8 Å². The maximum Gasteiger partial charge on any atom is 0.414 e. The van der Waals surface area contributed by atoms with E-state index in [1.807, 2.05) is 50.5 Å². The molecule has 6 heteroatoms. The van der Waals surface area contributed by atoms with Gasteiger partial charge in [-0.05, 0) is 42.3 Å². The summed E-state index contributed by atoms with van der Waals surface area (Å²) < 4.78 is 17.9. The van der Waals surface area contributed by atoms with Crippen LogP contribution in [0.15, 0.2) is 53.3 Å². The number of carbonyl (C=O) groups is 1. The van der Waals surface area contributed by atoms with E-state index in [2.05, 4.69) is 5.32 Å². The number of nitrogens with one attached hydrogen (secondary N) is 1. The molecule has 2 aromatic heterocycles. The van der Waals surface area contributed by atoms with E-state index >= 15 is 0 Å². The maximum atomic E-state index is 12.2. The smallest absolute Gasteiger partial charge is 0.414 e. The van der Waals surface area contributed by atoms with Gasteiger partial charge in [-0.15, -0.1) is 0 Å². The number of nitrogens with zero attached hydrogens (tertiary/aromatic N) is 1. The number of carbonyl (C=O) groups excluding carboxylic acids is 1. The minimum absolute atomic E-state index is 0.343. The molecule has 0 spiro atoms. The van der Waals surface area contributed by atoms with Gasteiger partial charge in [0.25, 0.3) is 0 Å². The van der Waals surface area contributed by atoms with Gasteiger partial charge in [-0.25, -0.2) is 4.79 Å². The SMILES string of the molecule is COc1cccc(CNC(=O)Oc2c(-c3ccco3)c(C)cn2C)c1. The summed E-state index contributed by atoms with van der Waals surface area (Å²) >= 11 is 0. The summed E-state index contributed by atoms with van der Waals surface area (Å²) in [6.45, 7) is 2.29. The molecule has 3 aromatic rings. The highest BCUT2D eigenvalue weighted by atomic mass is 16.6. The average molecular weight is 340 g/mol. The molecule has 6 nitrogen and oxygen atoms in total. The van der Waals surface area contributed by atoms with Crippen molar-refractivity contribution in [1.29, 1.82) is 0 Å². The molecule has 1 aromatic carbocycles. The molecule has 0 saturated carbocycles. The molecule has 2 heterocycles. The standard InChI is InChI=1S/C19H20N2O4/c1-13-12-21(2)18(17(13)16-8-5-9-24-16)25-19(22)20-11-14-6-4-7-15(10-14)23-3/h4-10,12H,11H2,1-3H3,(H,20,22). The zero-order valence-corrected chi connectivity index (χ0v) is 14.4. The Balaban J connectivity index is 1.71. The number of hydrogen-bond donors (Lipinski definition) is 1. The van der Waals surface area contributed by atoms with E-state index in [0.29, 0.717) is 18.2 Å². The van der Waals surface area contributed by atoms with Crippen molar-refractivity contribution < 1.29 is 18.7 Å². The van der Waals surface area contributed by atoms with Crippen LogP contribution in [0.5, 0.6) is 11.6 Å². The van der Waals surface area contributed by atoms with Crippen LogP contribution >= 0.6 is 0 Å². The second-order valence-corrected chi connectivity index (χ2v) is 5.68. The molecule has 130 valence electrons. The quantitative estimate of drug-likeness (QED) is 0.765. The number of aryl methyl sites for hydroxylation is 2. The van der Waals surface area contributed by atoms with Crippen molar-refractivity contribution in [3.05, 3.63) is 60.0 Å². The molecule has 0 aliphatic heterocycles. The number of rotatable bonds is 5. The average Bonchev–Trinajstić information content (AvgIpc) is 3.21. The Morgan fingerprint density at radius 1 is 1.28 bits per heavy atom. The Morgan fingerprint density at radius 3 is 2.84 bits per heavy atom. The van der Waals surface area contributed by atoms with Crippen LogP contribution in [0.2, 0.25) is 0 Å². The lowest BCUT2D eigenvalue weighted by atomic mass is 10.1. The van der Waals surface area contributed by atoms with Crippen molar-refractivity contribution in [3.63, 3.8) is 0 Å². The number of aromatic nitrogens is 1. The molecule has 0 aliphatic rings. The zero-order valence-electron chi connectivity index (χ0n) is 14.4. The lowest BCUT2D eigenvalue weighted by Gasteiger charge is -2.10. The summed E-state index contributed by atoms with van der Waals surface area (Å²) in [4.78, 5) is 12.2. The second kappa shape index (κ2) is 7.17. The van der Waals surface area contributed by atoms with Gasteiger partial charge < -0.3 is 23.8 Å². The topological polar surface area (TPSA) is 65.6 Å². The first-order valence-corrected chi connectivity index (χ1v) is 7.87. The van der Waals surface area contributed by atoms with Crippen LogP contribution in [0, 0.1) is 6.92 Å². The summed E-state index contributed by atoms with van der Waals surface area (Å²) in [7, 11) is 3.43. The molecular formula is C19H20N2O4. The first kappa shape index (κ1) is 16.7. The summed E-state index contributed by atoms with van der Waals surface area (Å²) in [6.07, 6.45) is 2.95. The van der Waals surface area contributed by atoms with Crippen molar-refractivity contribution in [1.82, 2.24) is 9.88 Å². The number of furan rings is 1. The van der Waals surface area contributed by atoms with Crippen LogP contribution in [0.25, 0.3) is 11.3 Å². The predicted octanol–water partition coefficient (Wildman–Crippen LogP) is 3.89. The first-order chi connectivity index (χ1) is 12.1. The van der Waals surface area contributed by atoms with Crippen molar-refractivity contribution in [2.45, 2.75) is 13.5 Å². The minimum atomic E-state index is -0.531. The highest BCUT2D eigenvalue weighted by Gasteiger charge is 2.19. The first-order valence-electron chi connectivity index (χ1n) is 7.87. The van der Waals surface area contributed by atoms with Crippen molar-refractivity contribution in [2.75, 3.05) is 7.11 Å². The van der Waals surface area contributed by atoms with E-state index in [0.717, 1.165) is 22.4 Å². The monoisotopic (exact) mass is 340 g/mol. The Bertz CT molecular complexity index is 866. The van der Waals surface area contributed by atoms with Gasteiger partial charge in [-0.1, -0.05) is 12.1 Å². The van der Waals surface area contributed by atoms with E-state index in [1.165, 1.54) is 0 Å². The third kappa shape index (κ3) is 3.68. The fourth-order valence-electron chi connectivity index (χ4n) is 2.68. The molecule has 0 aliphatic carbocycles. The molecule has 1 amide bonds. The van der Waals surface area contributed by atoms with Crippen LogP contribution in [0.3, 0.4) is 0 Å².